The van der Waals surface area contributed by atoms with E-state index in [4.69, 9.17) is 4.74 Å². The van der Waals surface area contributed by atoms with Gasteiger partial charge < -0.3 is 20.3 Å². The van der Waals surface area contributed by atoms with Crippen molar-refractivity contribution in [3.63, 3.8) is 0 Å². The van der Waals surface area contributed by atoms with E-state index in [9.17, 15) is 19.8 Å². The highest BCUT2D eigenvalue weighted by Crippen LogP contribution is 2.19. The lowest BCUT2D eigenvalue weighted by molar-refractivity contribution is -0.151. The summed E-state index contributed by atoms with van der Waals surface area (Å²) in [4.78, 5) is 26.3. The molecule has 1 amide bonds. The maximum atomic E-state index is 13.3. The van der Waals surface area contributed by atoms with Crippen LogP contribution in [-0.2, 0) is 14.3 Å². The zero-order chi connectivity index (χ0) is 48.8. The van der Waals surface area contributed by atoms with Crippen LogP contribution in [0.5, 0.6) is 0 Å². The van der Waals surface area contributed by atoms with Crippen LogP contribution in [0, 0.1) is 0 Å². The summed E-state index contributed by atoms with van der Waals surface area (Å²) in [6.45, 7) is 6.52. The zero-order valence-corrected chi connectivity index (χ0v) is 45.6. The maximum absolute atomic E-state index is 13.3. The van der Waals surface area contributed by atoms with E-state index in [0.29, 0.717) is 19.3 Å². The van der Waals surface area contributed by atoms with Crippen molar-refractivity contribution in [1.29, 1.82) is 0 Å². The summed E-state index contributed by atoms with van der Waals surface area (Å²) in [6.07, 6.45) is 64.3. The number of amides is 1. The Morgan fingerprint density at radius 1 is 0.418 bits per heavy atom. The standard InChI is InChI=1S/C61H119NO5/c1-4-7-10-13-16-19-22-25-27-29-31-33-36-39-42-45-48-51-54-61(66)67-57(52-49-46-43-40-37-34-24-21-18-15-12-9-6-3)55-60(65)62-58(56-63)59(64)53-50-47-44-41-38-35-32-30-28-26-23-20-17-14-11-8-5-2/h21,24,57-59,63-64H,4-20,22-23,25-56H2,1-3H3,(H,62,65)/b24-21-. The molecule has 6 heteroatoms. The van der Waals surface area contributed by atoms with E-state index in [1.54, 1.807) is 0 Å². The summed E-state index contributed by atoms with van der Waals surface area (Å²) in [6, 6.07) is -0.699. The molecule has 0 aromatic rings. The summed E-state index contributed by atoms with van der Waals surface area (Å²) in [5, 5.41) is 23.9. The molecule has 0 saturated heterocycles. The Morgan fingerprint density at radius 2 is 0.716 bits per heavy atom. The fraction of sp³-hybridized carbons (Fsp3) is 0.934. The average molecular weight is 947 g/mol. The van der Waals surface area contributed by atoms with Gasteiger partial charge in [0.1, 0.15) is 6.10 Å². The second kappa shape index (κ2) is 55.5. The minimum atomic E-state index is -0.785. The molecule has 0 bridgehead atoms. The van der Waals surface area contributed by atoms with Crippen LogP contribution in [0.4, 0.5) is 0 Å². The smallest absolute Gasteiger partial charge is 0.306 e. The fourth-order valence-electron chi connectivity index (χ4n) is 9.72. The van der Waals surface area contributed by atoms with Crippen molar-refractivity contribution in [1.82, 2.24) is 5.32 Å². The van der Waals surface area contributed by atoms with Crippen molar-refractivity contribution in [3.05, 3.63) is 12.2 Å². The number of hydrogen-bond acceptors (Lipinski definition) is 5. The van der Waals surface area contributed by atoms with Gasteiger partial charge in [0, 0.05) is 6.42 Å². The van der Waals surface area contributed by atoms with E-state index < -0.39 is 18.2 Å². The van der Waals surface area contributed by atoms with Gasteiger partial charge in [-0.1, -0.05) is 290 Å². The lowest BCUT2D eigenvalue weighted by atomic mass is 10.0. The second-order valence-corrected chi connectivity index (χ2v) is 21.1. The maximum Gasteiger partial charge on any atom is 0.306 e. The van der Waals surface area contributed by atoms with Gasteiger partial charge in [0.15, 0.2) is 0 Å². The van der Waals surface area contributed by atoms with Crippen molar-refractivity contribution in [2.24, 2.45) is 0 Å². The molecular formula is C61H119NO5. The molecule has 0 fully saturated rings. The first-order valence-electron chi connectivity index (χ1n) is 30.4. The first-order valence-corrected chi connectivity index (χ1v) is 30.4. The molecule has 0 saturated carbocycles. The summed E-state index contributed by atoms with van der Waals surface area (Å²) in [5.41, 5.74) is 0. The van der Waals surface area contributed by atoms with Gasteiger partial charge in [-0.15, -0.1) is 0 Å². The van der Waals surface area contributed by atoms with Crippen molar-refractivity contribution in [2.45, 2.75) is 360 Å². The lowest BCUT2D eigenvalue weighted by Gasteiger charge is -2.24. The van der Waals surface area contributed by atoms with Crippen molar-refractivity contribution in [3.8, 4) is 0 Å². The number of unbranched alkanes of at least 4 members (excludes halogenated alkanes) is 42. The third kappa shape index (κ3) is 50.8. The number of rotatable bonds is 56. The van der Waals surface area contributed by atoms with Gasteiger partial charge in [0.25, 0.3) is 0 Å². The van der Waals surface area contributed by atoms with E-state index in [-0.39, 0.29) is 24.9 Å². The second-order valence-electron chi connectivity index (χ2n) is 21.1. The van der Waals surface area contributed by atoms with Gasteiger partial charge in [-0.25, -0.2) is 0 Å². The molecule has 0 rings (SSSR count). The highest BCUT2D eigenvalue weighted by atomic mass is 16.5. The van der Waals surface area contributed by atoms with Crippen LogP contribution in [0.3, 0.4) is 0 Å². The minimum Gasteiger partial charge on any atom is -0.462 e. The van der Waals surface area contributed by atoms with Crippen LogP contribution < -0.4 is 5.32 Å². The first-order chi connectivity index (χ1) is 33.0. The van der Waals surface area contributed by atoms with Gasteiger partial charge >= 0.3 is 5.97 Å². The molecule has 0 aromatic carbocycles. The normalized spacial score (nSPS) is 13.1. The Labute approximate surface area is 419 Å². The zero-order valence-electron chi connectivity index (χ0n) is 45.6. The number of carbonyl (C=O) groups excluding carboxylic acids is 2. The molecule has 6 nitrogen and oxygen atoms in total. The molecular weight excluding hydrogens is 827 g/mol. The number of aliphatic hydroxyl groups excluding tert-OH is 2. The van der Waals surface area contributed by atoms with E-state index in [1.807, 2.05) is 0 Å². The Bertz CT molecular complexity index is 1020. The highest BCUT2D eigenvalue weighted by Gasteiger charge is 2.24. The fourth-order valence-corrected chi connectivity index (χ4v) is 9.72. The largest absolute Gasteiger partial charge is 0.462 e. The van der Waals surface area contributed by atoms with Crippen LogP contribution in [0.25, 0.3) is 0 Å². The number of aliphatic hydroxyl groups is 2. The Balaban J connectivity index is 4.44. The van der Waals surface area contributed by atoms with E-state index in [1.165, 1.54) is 238 Å². The van der Waals surface area contributed by atoms with Gasteiger partial charge in [-0.3, -0.25) is 9.59 Å². The van der Waals surface area contributed by atoms with Crippen LogP contribution in [0.15, 0.2) is 12.2 Å². The van der Waals surface area contributed by atoms with Crippen LogP contribution in [-0.4, -0.2) is 46.9 Å². The number of nitrogens with one attached hydrogen (secondary N) is 1. The number of esters is 1. The van der Waals surface area contributed by atoms with Gasteiger partial charge in [0.05, 0.1) is 25.2 Å². The van der Waals surface area contributed by atoms with Gasteiger partial charge in [-0.05, 0) is 51.4 Å². The summed E-state index contributed by atoms with van der Waals surface area (Å²) >= 11 is 0. The van der Waals surface area contributed by atoms with Crippen molar-refractivity contribution < 1.29 is 24.5 Å². The third-order valence-corrected chi connectivity index (χ3v) is 14.3. The average Bonchev–Trinajstić information content (AvgIpc) is 3.32. The molecule has 0 radical (unpaired) electrons. The molecule has 0 spiro atoms. The molecule has 3 unspecified atom stereocenters. The summed E-state index contributed by atoms with van der Waals surface area (Å²) < 4.78 is 5.97. The molecule has 0 aliphatic heterocycles. The SMILES string of the molecule is CCCCCC/C=C\CCCCCCCC(CC(=O)NC(CO)C(O)CCCCCCCCCCCCCCCCCCC)OC(=O)CCCCCCCCCCCCCCCCCCCC. The predicted molar refractivity (Wildman–Crippen MR) is 292 cm³/mol. The van der Waals surface area contributed by atoms with E-state index in [2.05, 4.69) is 38.2 Å². The van der Waals surface area contributed by atoms with Crippen LogP contribution in [0.2, 0.25) is 0 Å². The van der Waals surface area contributed by atoms with E-state index in [0.717, 1.165) is 57.8 Å². The molecule has 67 heavy (non-hydrogen) atoms. The Morgan fingerprint density at radius 3 is 1.07 bits per heavy atom. The van der Waals surface area contributed by atoms with Gasteiger partial charge in [-0.2, -0.15) is 0 Å². The lowest BCUT2D eigenvalue weighted by Crippen LogP contribution is -2.46. The number of hydrogen-bond donors (Lipinski definition) is 3. The molecule has 0 aromatic heterocycles. The Kier molecular flexibility index (Phi) is 54.4. The topological polar surface area (TPSA) is 95.9 Å². The summed E-state index contributed by atoms with van der Waals surface area (Å²) in [5.74, 6) is -0.457. The molecule has 398 valence electrons. The van der Waals surface area contributed by atoms with Crippen molar-refractivity contribution in [2.75, 3.05) is 6.61 Å². The quantitative estimate of drug-likeness (QED) is 0.0321. The van der Waals surface area contributed by atoms with Crippen LogP contribution in [0.1, 0.15) is 342 Å². The highest BCUT2D eigenvalue weighted by molar-refractivity contribution is 5.77. The predicted octanol–water partition coefficient (Wildman–Crippen LogP) is 18.9. The van der Waals surface area contributed by atoms with E-state index >= 15 is 0 Å². The molecule has 0 heterocycles. The molecule has 3 N–H and O–H groups in total. The van der Waals surface area contributed by atoms with Gasteiger partial charge in [0.2, 0.25) is 5.91 Å². The number of ether oxygens (including phenoxy) is 1. The van der Waals surface area contributed by atoms with Crippen LogP contribution >= 0.6 is 0 Å². The first kappa shape index (κ1) is 65.6. The minimum absolute atomic E-state index is 0.0796. The molecule has 3 atom stereocenters. The molecule has 0 aliphatic carbocycles. The third-order valence-electron chi connectivity index (χ3n) is 14.3. The Hall–Kier alpha value is -1.40. The number of allylic oxidation sites excluding steroid dienone is 2. The van der Waals surface area contributed by atoms with Crippen molar-refractivity contribution >= 4 is 11.9 Å². The molecule has 0 aliphatic rings. The number of carbonyl (C=O) groups is 2. The summed E-state index contributed by atoms with van der Waals surface area (Å²) in [7, 11) is 0. The monoisotopic (exact) mass is 946 g/mol.